The van der Waals surface area contributed by atoms with Crippen LogP contribution in [0.2, 0.25) is 5.02 Å². The van der Waals surface area contributed by atoms with E-state index in [1.807, 2.05) is 6.92 Å². The quantitative estimate of drug-likeness (QED) is 0.808. The van der Waals surface area contributed by atoms with Crippen LogP contribution in [0.1, 0.15) is 30.1 Å². The van der Waals surface area contributed by atoms with Crippen molar-refractivity contribution in [3.63, 3.8) is 0 Å². The van der Waals surface area contributed by atoms with Crippen LogP contribution < -0.4 is 5.32 Å². The molecule has 1 unspecified atom stereocenters. The molecule has 2 N–H and O–H groups in total. The lowest BCUT2D eigenvalue weighted by Crippen LogP contribution is -2.33. The van der Waals surface area contributed by atoms with Gasteiger partial charge in [0.25, 0.3) is 5.91 Å². The number of aromatic hydroxyl groups is 1. The predicted molar refractivity (Wildman–Crippen MR) is 68.1 cm³/mol. The first-order valence-electron chi connectivity index (χ1n) is 5.34. The van der Waals surface area contributed by atoms with E-state index in [-0.39, 0.29) is 22.7 Å². The van der Waals surface area contributed by atoms with Crippen LogP contribution in [-0.2, 0) is 0 Å². The molecule has 0 saturated heterocycles. The van der Waals surface area contributed by atoms with E-state index < -0.39 is 0 Å². The van der Waals surface area contributed by atoms with Crippen molar-refractivity contribution in [2.75, 3.05) is 0 Å². The molecule has 0 heterocycles. The summed E-state index contributed by atoms with van der Waals surface area (Å²) < 4.78 is 0. The molecule has 0 radical (unpaired) electrons. The Kier molecular flexibility index (Phi) is 4.86. The van der Waals surface area contributed by atoms with Crippen molar-refractivity contribution < 1.29 is 9.90 Å². The van der Waals surface area contributed by atoms with Crippen LogP contribution in [0.25, 0.3) is 0 Å². The molecule has 0 bridgehead atoms. The SMILES string of the molecule is C#CC(CCC)NC(=O)c1ccc(O)c(Cl)c1. The third-order valence-electron chi connectivity index (χ3n) is 2.29. The lowest BCUT2D eigenvalue weighted by atomic mass is 10.1. The Labute approximate surface area is 106 Å². The number of phenolic OH excluding ortho intramolecular Hbond substituents is 1. The molecule has 0 fully saturated rings. The van der Waals surface area contributed by atoms with Gasteiger partial charge >= 0.3 is 0 Å². The largest absolute Gasteiger partial charge is 0.506 e. The summed E-state index contributed by atoms with van der Waals surface area (Å²) in [4.78, 5) is 11.8. The molecular formula is C13H14ClNO2. The van der Waals surface area contributed by atoms with Gasteiger partial charge in [0, 0.05) is 5.56 Å². The van der Waals surface area contributed by atoms with Crippen LogP contribution in [0.5, 0.6) is 5.75 Å². The van der Waals surface area contributed by atoms with Gasteiger partial charge in [-0.15, -0.1) is 6.42 Å². The Morgan fingerprint density at radius 3 is 2.88 bits per heavy atom. The Morgan fingerprint density at radius 2 is 2.35 bits per heavy atom. The van der Waals surface area contributed by atoms with Crippen molar-refractivity contribution in [3.05, 3.63) is 28.8 Å². The monoisotopic (exact) mass is 251 g/mol. The molecule has 1 aromatic carbocycles. The molecule has 0 aliphatic heterocycles. The first-order chi connectivity index (χ1) is 8.08. The van der Waals surface area contributed by atoms with Crippen LogP contribution >= 0.6 is 11.6 Å². The Hall–Kier alpha value is -1.66. The first kappa shape index (κ1) is 13.4. The van der Waals surface area contributed by atoms with E-state index in [1.54, 1.807) is 0 Å². The summed E-state index contributed by atoms with van der Waals surface area (Å²) in [7, 11) is 0. The molecule has 4 heteroatoms. The zero-order valence-corrected chi connectivity index (χ0v) is 10.3. The van der Waals surface area contributed by atoms with E-state index in [0.29, 0.717) is 5.56 Å². The van der Waals surface area contributed by atoms with Gasteiger partial charge in [-0.25, -0.2) is 0 Å². The normalized spacial score (nSPS) is 11.6. The van der Waals surface area contributed by atoms with Crippen molar-refractivity contribution in [2.24, 2.45) is 0 Å². The van der Waals surface area contributed by atoms with E-state index in [4.69, 9.17) is 18.0 Å². The number of carbonyl (C=O) groups excluding carboxylic acids is 1. The fourth-order valence-corrected chi connectivity index (χ4v) is 1.56. The molecule has 1 rings (SSSR count). The minimum Gasteiger partial charge on any atom is -0.506 e. The molecule has 0 aromatic heterocycles. The number of carbonyl (C=O) groups is 1. The maximum Gasteiger partial charge on any atom is 0.252 e. The minimum absolute atomic E-state index is 0.0507. The second-order valence-electron chi connectivity index (χ2n) is 3.65. The zero-order chi connectivity index (χ0) is 12.8. The summed E-state index contributed by atoms with van der Waals surface area (Å²) in [6, 6.07) is 4.00. The molecule has 17 heavy (non-hydrogen) atoms. The average Bonchev–Trinajstić information content (AvgIpc) is 2.31. The van der Waals surface area contributed by atoms with Crippen molar-refractivity contribution in [1.29, 1.82) is 0 Å². The molecule has 1 aromatic rings. The van der Waals surface area contributed by atoms with Crippen molar-refractivity contribution >= 4 is 17.5 Å². The number of rotatable bonds is 4. The maximum absolute atomic E-state index is 11.8. The zero-order valence-electron chi connectivity index (χ0n) is 9.53. The minimum atomic E-state index is -0.289. The van der Waals surface area contributed by atoms with E-state index in [9.17, 15) is 9.90 Å². The van der Waals surface area contributed by atoms with Crippen LogP contribution in [0.4, 0.5) is 0 Å². The van der Waals surface area contributed by atoms with Gasteiger partial charge in [0.1, 0.15) is 5.75 Å². The topological polar surface area (TPSA) is 49.3 Å². The number of benzene rings is 1. The number of hydrogen-bond donors (Lipinski definition) is 2. The van der Waals surface area contributed by atoms with Gasteiger partial charge < -0.3 is 10.4 Å². The second kappa shape index (κ2) is 6.17. The number of terminal acetylenes is 1. The lowest BCUT2D eigenvalue weighted by molar-refractivity contribution is 0.0944. The lowest BCUT2D eigenvalue weighted by Gasteiger charge is -2.12. The molecule has 1 amide bonds. The summed E-state index contributed by atoms with van der Waals surface area (Å²) in [5.74, 6) is 2.18. The maximum atomic E-state index is 11.8. The highest BCUT2D eigenvalue weighted by molar-refractivity contribution is 6.32. The van der Waals surface area contributed by atoms with Crippen LogP contribution in [0, 0.1) is 12.3 Å². The van der Waals surface area contributed by atoms with Crippen LogP contribution in [0.3, 0.4) is 0 Å². The molecule has 90 valence electrons. The van der Waals surface area contributed by atoms with E-state index in [0.717, 1.165) is 12.8 Å². The molecule has 0 aliphatic carbocycles. The molecule has 1 atom stereocenters. The second-order valence-corrected chi connectivity index (χ2v) is 4.05. The number of hydrogen-bond acceptors (Lipinski definition) is 2. The van der Waals surface area contributed by atoms with Gasteiger partial charge in [-0.05, 0) is 24.6 Å². The number of nitrogens with one attached hydrogen (secondary N) is 1. The highest BCUT2D eigenvalue weighted by atomic mass is 35.5. The van der Waals surface area contributed by atoms with Gasteiger partial charge in [0.15, 0.2) is 0 Å². The van der Waals surface area contributed by atoms with Gasteiger partial charge in [-0.2, -0.15) is 0 Å². The predicted octanol–water partition coefficient (Wildman–Crippen LogP) is 2.58. The van der Waals surface area contributed by atoms with E-state index in [1.165, 1.54) is 18.2 Å². The Balaban J connectivity index is 2.76. The number of halogens is 1. The van der Waals surface area contributed by atoms with Crippen LogP contribution in [-0.4, -0.2) is 17.1 Å². The summed E-state index contributed by atoms with van der Waals surface area (Å²) in [5.41, 5.74) is 0.379. The molecule has 3 nitrogen and oxygen atoms in total. The number of phenols is 1. The highest BCUT2D eigenvalue weighted by Gasteiger charge is 2.12. The fraction of sp³-hybridized carbons (Fsp3) is 0.308. The van der Waals surface area contributed by atoms with Crippen molar-refractivity contribution in [2.45, 2.75) is 25.8 Å². The molecule has 0 aliphatic rings. The molecule has 0 saturated carbocycles. The third-order valence-corrected chi connectivity index (χ3v) is 2.60. The van der Waals surface area contributed by atoms with Gasteiger partial charge in [-0.3, -0.25) is 4.79 Å². The van der Waals surface area contributed by atoms with E-state index >= 15 is 0 Å². The number of amides is 1. The first-order valence-corrected chi connectivity index (χ1v) is 5.71. The van der Waals surface area contributed by atoms with Gasteiger partial charge in [0.05, 0.1) is 11.1 Å². The van der Waals surface area contributed by atoms with Crippen molar-refractivity contribution in [1.82, 2.24) is 5.32 Å². The Morgan fingerprint density at radius 1 is 1.65 bits per heavy atom. The third kappa shape index (κ3) is 3.69. The fourth-order valence-electron chi connectivity index (χ4n) is 1.38. The van der Waals surface area contributed by atoms with Crippen molar-refractivity contribution in [3.8, 4) is 18.1 Å². The van der Waals surface area contributed by atoms with Gasteiger partial charge in [-0.1, -0.05) is 30.9 Å². The summed E-state index contributed by atoms with van der Waals surface area (Å²) in [6.07, 6.45) is 6.93. The smallest absolute Gasteiger partial charge is 0.252 e. The standard InChI is InChI=1S/C13H14ClNO2/c1-3-5-10(4-2)15-13(17)9-6-7-12(16)11(14)8-9/h2,6-8,10,16H,3,5H2,1H3,(H,15,17). The molecular weight excluding hydrogens is 238 g/mol. The van der Waals surface area contributed by atoms with Crippen LogP contribution in [0.15, 0.2) is 18.2 Å². The summed E-state index contributed by atoms with van der Waals surface area (Å²) >= 11 is 5.72. The summed E-state index contributed by atoms with van der Waals surface area (Å²) in [5, 5.41) is 12.1. The Bertz CT molecular complexity index is 451. The summed E-state index contributed by atoms with van der Waals surface area (Å²) in [6.45, 7) is 1.99. The average molecular weight is 252 g/mol. The molecule has 0 spiro atoms. The highest BCUT2D eigenvalue weighted by Crippen LogP contribution is 2.23. The van der Waals surface area contributed by atoms with Gasteiger partial charge in [0.2, 0.25) is 0 Å². The van der Waals surface area contributed by atoms with E-state index in [2.05, 4.69) is 11.2 Å².